The monoisotopic (exact) mass is 290 g/mol. The quantitative estimate of drug-likeness (QED) is 0.838. The second kappa shape index (κ2) is 5.49. The Balaban J connectivity index is 1.83. The van der Waals surface area contributed by atoms with Gasteiger partial charge in [0, 0.05) is 18.4 Å². The highest BCUT2D eigenvalue weighted by atomic mass is 35.5. The first-order valence-corrected chi connectivity index (χ1v) is 7.58. The number of halogens is 1. The molecule has 0 aliphatic carbocycles. The van der Waals surface area contributed by atoms with Gasteiger partial charge in [0.1, 0.15) is 5.15 Å². The summed E-state index contributed by atoms with van der Waals surface area (Å²) in [5, 5.41) is 1.81. The van der Waals surface area contributed by atoms with Gasteiger partial charge in [-0.2, -0.15) is 0 Å². The number of amides is 1. The molecule has 1 aliphatic heterocycles. The lowest BCUT2D eigenvalue weighted by atomic mass is 10.0. The Morgan fingerprint density at radius 3 is 2.95 bits per heavy atom. The summed E-state index contributed by atoms with van der Waals surface area (Å²) in [5.74, 6) is 0.755. The number of benzene rings is 1. The van der Waals surface area contributed by atoms with Crippen LogP contribution in [0.15, 0.2) is 30.3 Å². The Morgan fingerprint density at radius 2 is 2.15 bits per heavy atom. The number of carbonyl (C=O) groups is 1. The van der Waals surface area contributed by atoms with Crippen molar-refractivity contribution >= 4 is 28.4 Å². The van der Waals surface area contributed by atoms with Crippen molar-refractivity contribution in [2.75, 3.05) is 6.54 Å². The van der Waals surface area contributed by atoms with Crippen molar-refractivity contribution in [2.24, 2.45) is 5.92 Å². The molecule has 4 heteroatoms. The molecule has 3 rings (SSSR count). The van der Waals surface area contributed by atoms with Gasteiger partial charge in [0.25, 0.3) is 0 Å². The summed E-state index contributed by atoms with van der Waals surface area (Å²) in [4.78, 5) is 14.0. The standard InChI is InChI=1S/C16H19ClN2O/c1-2-5-12-8-16(20)18(10-12)11-19-14-7-4-3-6-13(14)9-15(19)17/h3-4,6-7,9,12H,2,5,8,10-11H2,1H3. The molecule has 0 N–H and O–H groups in total. The molecule has 2 heterocycles. The largest absolute Gasteiger partial charge is 0.324 e. The van der Waals surface area contributed by atoms with Crippen LogP contribution in [-0.4, -0.2) is 21.9 Å². The molecule has 3 nitrogen and oxygen atoms in total. The van der Waals surface area contributed by atoms with Crippen molar-refractivity contribution in [1.82, 2.24) is 9.47 Å². The molecule has 1 aromatic heterocycles. The van der Waals surface area contributed by atoms with Crippen LogP contribution >= 0.6 is 11.6 Å². The maximum atomic E-state index is 12.1. The maximum absolute atomic E-state index is 12.1. The van der Waals surface area contributed by atoms with E-state index in [-0.39, 0.29) is 5.91 Å². The van der Waals surface area contributed by atoms with Crippen LogP contribution in [0.5, 0.6) is 0 Å². The third kappa shape index (κ3) is 2.42. The summed E-state index contributed by atoms with van der Waals surface area (Å²) < 4.78 is 2.02. The Hall–Kier alpha value is -1.48. The maximum Gasteiger partial charge on any atom is 0.224 e. The summed E-state index contributed by atoms with van der Waals surface area (Å²) in [6, 6.07) is 10.1. The van der Waals surface area contributed by atoms with Crippen molar-refractivity contribution in [3.05, 3.63) is 35.5 Å². The van der Waals surface area contributed by atoms with Gasteiger partial charge in [-0.15, -0.1) is 0 Å². The first-order chi connectivity index (χ1) is 9.69. The summed E-state index contributed by atoms with van der Waals surface area (Å²) >= 11 is 6.32. The molecular weight excluding hydrogens is 272 g/mol. The molecule has 1 amide bonds. The normalized spacial score (nSPS) is 19.2. The van der Waals surface area contributed by atoms with Crippen LogP contribution in [0.25, 0.3) is 10.9 Å². The fraction of sp³-hybridized carbons (Fsp3) is 0.438. The van der Waals surface area contributed by atoms with Crippen molar-refractivity contribution in [2.45, 2.75) is 32.9 Å². The third-order valence-electron chi connectivity index (χ3n) is 4.06. The zero-order chi connectivity index (χ0) is 14.1. The van der Waals surface area contributed by atoms with Gasteiger partial charge in [-0.05, 0) is 24.5 Å². The Kier molecular flexibility index (Phi) is 3.70. The highest BCUT2D eigenvalue weighted by Crippen LogP contribution is 2.27. The molecule has 1 fully saturated rings. The number of carbonyl (C=O) groups excluding carboxylic acids is 1. The van der Waals surface area contributed by atoms with Gasteiger partial charge in [-0.25, -0.2) is 0 Å². The van der Waals surface area contributed by atoms with Crippen LogP contribution in [0.2, 0.25) is 5.15 Å². The number of aromatic nitrogens is 1. The number of para-hydroxylation sites is 1. The molecule has 0 radical (unpaired) electrons. The third-order valence-corrected chi connectivity index (χ3v) is 4.38. The van der Waals surface area contributed by atoms with Crippen molar-refractivity contribution in [1.29, 1.82) is 0 Å². The molecule has 20 heavy (non-hydrogen) atoms. The van der Waals surface area contributed by atoms with Crippen LogP contribution in [0.4, 0.5) is 0 Å². The molecule has 1 aliphatic rings. The van der Waals surface area contributed by atoms with Crippen molar-refractivity contribution in [3.8, 4) is 0 Å². The van der Waals surface area contributed by atoms with E-state index in [0.717, 1.165) is 30.3 Å². The Labute approximate surface area is 124 Å². The van der Waals surface area contributed by atoms with E-state index in [2.05, 4.69) is 6.92 Å². The molecule has 1 atom stereocenters. The SMILES string of the molecule is CCCC1CC(=O)N(Cn2c(Cl)cc3ccccc32)C1. The lowest BCUT2D eigenvalue weighted by Crippen LogP contribution is -2.27. The van der Waals surface area contributed by atoms with Gasteiger partial charge < -0.3 is 9.47 Å². The van der Waals surface area contributed by atoms with E-state index in [4.69, 9.17) is 11.6 Å². The minimum atomic E-state index is 0.247. The van der Waals surface area contributed by atoms with Crippen molar-refractivity contribution in [3.63, 3.8) is 0 Å². The van der Waals surface area contributed by atoms with E-state index < -0.39 is 0 Å². The molecular formula is C16H19ClN2O. The molecule has 1 unspecified atom stereocenters. The smallest absolute Gasteiger partial charge is 0.224 e. The average Bonchev–Trinajstić information content (AvgIpc) is 2.92. The van der Waals surface area contributed by atoms with Crippen LogP contribution < -0.4 is 0 Å². The predicted octanol–water partition coefficient (Wildman–Crippen LogP) is 3.90. The fourth-order valence-corrected chi connectivity index (χ4v) is 3.35. The Morgan fingerprint density at radius 1 is 1.35 bits per heavy atom. The van der Waals surface area contributed by atoms with Crippen LogP contribution in [-0.2, 0) is 11.5 Å². The van der Waals surface area contributed by atoms with E-state index in [1.807, 2.05) is 39.8 Å². The lowest BCUT2D eigenvalue weighted by molar-refractivity contribution is -0.129. The molecule has 0 spiro atoms. The molecule has 2 aromatic rings. The van der Waals surface area contributed by atoms with Gasteiger partial charge in [-0.1, -0.05) is 43.1 Å². The summed E-state index contributed by atoms with van der Waals surface area (Å²) in [5.41, 5.74) is 1.09. The predicted molar refractivity (Wildman–Crippen MR) is 81.7 cm³/mol. The van der Waals surface area contributed by atoms with Crippen molar-refractivity contribution < 1.29 is 4.79 Å². The highest BCUT2D eigenvalue weighted by Gasteiger charge is 2.29. The summed E-state index contributed by atoms with van der Waals surface area (Å²) in [6.45, 7) is 3.59. The zero-order valence-corrected chi connectivity index (χ0v) is 12.4. The summed E-state index contributed by atoms with van der Waals surface area (Å²) in [7, 11) is 0. The fourth-order valence-electron chi connectivity index (χ4n) is 3.08. The highest BCUT2D eigenvalue weighted by molar-refractivity contribution is 6.30. The molecule has 1 aromatic carbocycles. The number of rotatable bonds is 4. The van der Waals surface area contributed by atoms with E-state index >= 15 is 0 Å². The van der Waals surface area contributed by atoms with Gasteiger partial charge in [0.2, 0.25) is 5.91 Å². The van der Waals surface area contributed by atoms with E-state index in [1.165, 1.54) is 0 Å². The van der Waals surface area contributed by atoms with Gasteiger partial charge >= 0.3 is 0 Å². The van der Waals surface area contributed by atoms with Crippen LogP contribution in [0.1, 0.15) is 26.2 Å². The second-order valence-electron chi connectivity index (χ2n) is 5.57. The van der Waals surface area contributed by atoms with E-state index in [0.29, 0.717) is 24.2 Å². The zero-order valence-electron chi connectivity index (χ0n) is 11.7. The minimum absolute atomic E-state index is 0.247. The second-order valence-corrected chi connectivity index (χ2v) is 5.96. The topological polar surface area (TPSA) is 25.2 Å². The van der Waals surface area contributed by atoms with Gasteiger partial charge in [0.15, 0.2) is 0 Å². The van der Waals surface area contributed by atoms with E-state index in [1.54, 1.807) is 0 Å². The number of hydrogen-bond donors (Lipinski definition) is 0. The average molecular weight is 291 g/mol. The lowest BCUT2D eigenvalue weighted by Gasteiger charge is -2.19. The molecule has 1 saturated heterocycles. The number of hydrogen-bond acceptors (Lipinski definition) is 1. The van der Waals surface area contributed by atoms with Crippen LogP contribution in [0, 0.1) is 5.92 Å². The Bertz CT molecular complexity index is 634. The number of likely N-dealkylation sites (tertiary alicyclic amines) is 1. The number of fused-ring (bicyclic) bond motifs is 1. The van der Waals surface area contributed by atoms with Gasteiger partial charge in [0.05, 0.1) is 12.2 Å². The van der Waals surface area contributed by atoms with E-state index in [9.17, 15) is 4.79 Å². The number of nitrogens with zero attached hydrogens (tertiary/aromatic N) is 2. The summed E-state index contributed by atoms with van der Waals surface area (Å²) in [6.07, 6.45) is 2.95. The molecule has 106 valence electrons. The minimum Gasteiger partial charge on any atom is -0.324 e. The van der Waals surface area contributed by atoms with Gasteiger partial charge in [-0.3, -0.25) is 4.79 Å². The molecule has 0 bridgehead atoms. The first kappa shape index (κ1) is 13.5. The molecule has 0 saturated carbocycles. The first-order valence-electron chi connectivity index (χ1n) is 7.20. The van der Waals surface area contributed by atoms with Crippen LogP contribution in [0.3, 0.4) is 0 Å².